The fourth-order valence-electron chi connectivity index (χ4n) is 1.83. The van der Waals surface area contributed by atoms with Gasteiger partial charge in [-0.3, -0.25) is 0 Å². The van der Waals surface area contributed by atoms with Crippen molar-refractivity contribution in [2.75, 3.05) is 24.3 Å². The van der Waals surface area contributed by atoms with Crippen LogP contribution in [-0.4, -0.2) is 24.1 Å². The summed E-state index contributed by atoms with van der Waals surface area (Å²) in [6, 6.07) is 8.28. The Hall–Kier alpha value is -2.17. The summed E-state index contributed by atoms with van der Waals surface area (Å²) in [5.74, 6) is 2.21. The van der Waals surface area contributed by atoms with Crippen LogP contribution in [0.3, 0.4) is 0 Å². The van der Waals surface area contributed by atoms with Crippen molar-refractivity contribution in [1.29, 1.82) is 0 Å². The summed E-state index contributed by atoms with van der Waals surface area (Å²) in [4.78, 5) is 10.8. The van der Waals surface area contributed by atoms with E-state index in [-0.39, 0.29) is 11.7 Å². The van der Waals surface area contributed by atoms with Crippen molar-refractivity contribution in [2.45, 2.75) is 19.8 Å². The predicted molar refractivity (Wildman–Crippen MR) is 80.1 cm³/mol. The molecule has 2 aromatic rings. The van der Waals surface area contributed by atoms with Crippen LogP contribution in [0, 0.1) is 5.82 Å². The SMILES string of the molecule is CNc1cc(N(C)c2cccc(F)c2)nc(C(C)C)n1. The number of nitrogens with one attached hydrogen (secondary N) is 1. The normalized spacial score (nSPS) is 10.7. The van der Waals surface area contributed by atoms with E-state index in [0.29, 0.717) is 0 Å². The molecule has 0 saturated heterocycles. The molecule has 0 fully saturated rings. The van der Waals surface area contributed by atoms with Crippen LogP contribution in [0.15, 0.2) is 30.3 Å². The quantitative estimate of drug-likeness (QED) is 0.925. The van der Waals surface area contributed by atoms with Crippen LogP contribution in [0.5, 0.6) is 0 Å². The number of aromatic nitrogens is 2. The first-order valence-corrected chi connectivity index (χ1v) is 6.57. The van der Waals surface area contributed by atoms with Gasteiger partial charge in [-0.15, -0.1) is 0 Å². The Balaban J connectivity index is 2.43. The van der Waals surface area contributed by atoms with Gasteiger partial charge in [-0.2, -0.15) is 0 Å². The molecule has 0 aliphatic rings. The molecule has 5 heteroatoms. The van der Waals surface area contributed by atoms with Gasteiger partial charge in [0.2, 0.25) is 0 Å². The lowest BCUT2D eigenvalue weighted by atomic mass is 10.2. The molecule has 0 aliphatic carbocycles. The minimum Gasteiger partial charge on any atom is -0.373 e. The lowest BCUT2D eigenvalue weighted by Gasteiger charge is -2.20. The van der Waals surface area contributed by atoms with Crippen molar-refractivity contribution in [2.24, 2.45) is 0 Å². The number of rotatable bonds is 4. The van der Waals surface area contributed by atoms with Crippen LogP contribution in [0.4, 0.5) is 21.7 Å². The molecule has 0 unspecified atom stereocenters. The molecular formula is C15H19FN4. The van der Waals surface area contributed by atoms with E-state index in [1.165, 1.54) is 12.1 Å². The zero-order valence-electron chi connectivity index (χ0n) is 12.2. The highest BCUT2D eigenvalue weighted by Crippen LogP contribution is 2.25. The van der Waals surface area contributed by atoms with Crippen molar-refractivity contribution in [3.8, 4) is 0 Å². The van der Waals surface area contributed by atoms with E-state index in [0.717, 1.165) is 23.1 Å². The summed E-state index contributed by atoms with van der Waals surface area (Å²) in [5, 5.41) is 3.03. The average molecular weight is 274 g/mol. The molecule has 106 valence electrons. The standard InChI is InChI=1S/C15H19FN4/c1-10(2)15-18-13(17-3)9-14(19-15)20(4)12-7-5-6-11(16)8-12/h5-10H,1-4H3,(H,17,18,19). The minimum atomic E-state index is -0.263. The largest absolute Gasteiger partial charge is 0.373 e. The Morgan fingerprint density at radius 2 is 1.95 bits per heavy atom. The van der Waals surface area contributed by atoms with Crippen molar-refractivity contribution in [1.82, 2.24) is 9.97 Å². The van der Waals surface area contributed by atoms with Crippen molar-refractivity contribution < 1.29 is 4.39 Å². The fourth-order valence-corrected chi connectivity index (χ4v) is 1.83. The summed E-state index contributed by atoms with van der Waals surface area (Å²) in [5.41, 5.74) is 0.750. The van der Waals surface area contributed by atoms with Crippen molar-refractivity contribution >= 4 is 17.3 Å². The second-order valence-electron chi connectivity index (χ2n) is 4.91. The van der Waals surface area contributed by atoms with Gasteiger partial charge < -0.3 is 10.2 Å². The highest BCUT2D eigenvalue weighted by Gasteiger charge is 2.12. The smallest absolute Gasteiger partial charge is 0.138 e. The molecule has 0 radical (unpaired) electrons. The van der Waals surface area contributed by atoms with Crippen LogP contribution in [0.25, 0.3) is 0 Å². The number of hydrogen-bond donors (Lipinski definition) is 1. The van der Waals surface area contributed by atoms with E-state index in [4.69, 9.17) is 0 Å². The van der Waals surface area contributed by atoms with E-state index in [9.17, 15) is 4.39 Å². The van der Waals surface area contributed by atoms with Gasteiger partial charge in [-0.05, 0) is 18.2 Å². The lowest BCUT2D eigenvalue weighted by Crippen LogP contribution is -2.14. The van der Waals surface area contributed by atoms with E-state index < -0.39 is 0 Å². The van der Waals surface area contributed by atoms with Gasteiger partial charge in [0.05, 0.1) is 0 Å². The lowest BCUT2D eigenvalue weighted by molar-refractivity contribution is 0.628. The topological polar surface area (TPSA) is 41.0 Å². The van der Waals surface area contributed by atoms with Gasteiger partial charge in [0.25, 0.3) is 0 Å². The maximum Gasteiger partial charge on any atom is 0.138 e. The van der Waals surface area contributed by atoms with Gasteiger partial charge >= 0.3 is 0 Å². The van der Waals surface area contributed by atoms with E-state index in [1.54, 1.807) is 6.07 Å². The first-order chi connectivity index (χ1) is 9.51. The summed E-state index contributed by atoms with van der Waals surface area (Å²) < 4.78 is 13.3. The summed E-state index contributed by atoms with van der Waals surface area (Å²) in [6.45, 7) is 4.08. The van der Waals surface area contributed by atoms with Crippen LogP contribution in [0.1, 0.15) is 25.6 Å². The summed E-state index contributed by atoms with van der Waals surface area (Å²) >= 11 is 0. The average Bonchev–Trinajstić information content (AvgIpc) is 2.45. The van der Waals surface area contributed by atoms with Gasteiger partial charge in [-0.25, -0.2) is 14.4 Å². The number of nitrogens with zero attached hydrogens (tertiary/aromatic N) is 3. The summed E-state index contributed by atoms with van der Waals surface area (Å²) in [7, 11) is 3.68. The number of benzene rings is 1. The Kier molecular flexibility index (Phi) is 4.17. The van der Waals surface area contributed by atoms with E-state index in [2.05, 4.69) is 15.3 Å². The first-order valence-electron chi connectivity index (χ1n) is 6.57. The van der Waals surface area contributed by atoms with E-state index >= 15 is 0 Å². The Morgan fingerprint density at radius 1 is 1.20 bits per heavy atom. The second-order valence-corrected chi connectivity index (χ2v) is 4.91. The van der Waals surface area contributed by atoms with Gasteiger partial charge in [-0.1, -0.05) is 19.9 Å². The van der Waals surface area contributed by atoms with Gasteiger partial charge in [0.1, 0.15) is 23.3 Å². The molecule has 1 N–H and O–H groups in total. The molecule has 1 aromatic heterocycles. The molecule has 1 heterocycles. The molecule has 2 rings (SSSR count). The molecule has 20 heavy (non-hydrogen) atoms. The monoisotopic (exact) mass is 274 g/mol. The molecule has 1 aromatic carbocycles. The fraction of sp³-hybridized carbons (Fsp3) is 0.333. The zero-order chi connectivity index (χ0) is 14.7. The Labute approximate surface area is 118 Å². The molecule has 0 spiro atoms. The van der Waals surface area contributed by atoms with Crippen LogP contribution >= 0.6 is 0 Å². The number of hydrogen-bond acceptors (Lipinski definition) is 4. The third-order valence-corrected chi connectivity index (χ3v) is 3.04. The molecule has 0 amide bonds. The third kappa shape index (κ3) is 3.04. The van der Waals surface area contributed by atoms with Crippen molar-refractivity contribution in [3.05, 3.63) is 42.0 Å². The number of anilines is 3. The third-order valence-electron chi connectivity index (χ3n) is 3.04. The maximum atomic E-state index is 13.3. The second kappa shape index (κ2) is 5.86. The molecular weight excluding hydrogens is 255 g/mol. The van der Waals surface area contributed by atoms with Crippen LogP contribution in [-0.2, 0) is 0 Å². The molecule has 0 atom stereocenters. The Morgan fingerprint density at radius 3 is 2.55 bits per heavy atom. The van der Waals surface area contributed by atoms with Crippen molar-refractivity contribution in [3.63, 3.8) is 0 Å². The van der Waals surface area contributed by atoms with Crippen LogP contribution in [0.2, 0.25) is 0 Å². The Bertz CT molecular complexity index is 598. The predicted octanol–water partition coefficient (Wildman–Crippen LogP) is 3.55. The van der Waals surface area contributed by atoms with Gasteiger partial charge in [0.15, 0.2) is 0 Å². The molecule has 0 aliphatic heterocycles. The number of halogens is 1. The molecule has 0 saturated carbocycles. The first kappa shape index (κ1) is 14.2. The molecule has 4 nitrogen and oxygen atoms in total. The van der Waals surface area contributed by atoms with E-state index in [1.807, 2.05) is 45.0 Å². The highest BCUT2D eigenvalue weighted by atomic mass is 19.1. The molecule has 0 bridgehead atoms. The summed E-state index contributed by atoms with van der Waals surface area (Å²) in [6.07, 6.45) is 0. The zero-order valence-corrected chi connectivity index (χ0v) is 12.2. The highest BCUT2D eigenvalue weighted by molar-refractivity contribution is 5.61. The minimum absolute atomic E-state index is 0.225. The van der Waals surface area contributed by atoms with Crippen LogP contribution < -0.4 is 10.2 Å². The maximum absolute atomic E-state index is 13.3. The van der Waals surface area contributed by atoms with Gasteiger partial charge in [0, 0.05) is 31.8 Å².